The van der Waals surface area contributed by atoms with E-state index in [4.69, 9.17) is 5.73 Å². The molecule has 106 valence electrons. The number of likely N-dealkylation sites (tertiary alicyclic amines) is 1. The third-order valence-corrected chi connectivity index (χ3v) is 3.11. The van der Waals surface area contributed by atoms with Crippen molar-refractivity contribution in [2.75, 3.05) is 26.7 Å². The van der Waals surface area contributed by atoms with Gasteiger partial charge in [0.15, 0.2) is 5.96 Å². The number of hydrogen-bond donors (Lipinski definition) is 1. The fourth-order valence-corrected chi connectivity index (χ4v) is 2.00. The molecule has 0 radical (unpaired) electrons. The topological polar surface area (TPSA) is 67.9 Å². The Balaban J connectivity index is 0.00000289. The lowest BCUT2D eigenvalue weighted by molar-refractivity contribution is -0.144. The quantitative estimate of drug-likeness (QED) is 0.354. The monoisotopic (exact) mass is 369 g/mol. The summed E-state index contributed by atoms with van der Waals surface area (Å²) in [7, 11) is 1.39. The van der Waals surface area contributed by atoms with Gasteiger partial charge in [0, 0.05) is 13.1 Å². The molecule has 1 fully saturated rings. The Morgan fingerprint density at radius 2 is 2.28 bits per heavy atom. The molecule has 5 nitrogen and oxygen atoms in total. The van der Waals surface area contributed by atoms with Gasteiger partial charge in [-0.1, -0.05) is 13.8 Å². The normalized spacial score (nSPS) is 22.1. The van der Waals surface area contributed by atoms with Crippen LogP contribution in [0.3, 0.4) is 0 Å². The van der Waals surface area contributed by atoms with E-state index in [9.17, 15) is 4.79 Å². The van der Waals surface area contributed by atoms with E-state index in [0.717, 1.165) is 19.5 Å². The SMILES string of the molecule is COC(=O)C(C)CN=C(N)N1CCCC(C)C1.I. The highest BCUT2D eigenvalue weighted by Gasteiger charge is 2.18. The highest BCUT2D eigenvalue weighted by atomic mass is 127. The average molecular weight is 369 g/mol. The molecule has 0 saturated carbocycles. The molecule has 1 aliphatic rings. The van der Waals surface area contributed by atoms with Crippen molar-refractivity contribution in [1.29, 1.82) is 0 Å². The van der Waals surface area contributed by atoms with E-state index in [2.05, 4.69) is 21.6 Å². The van der Waals surface area contributed by atoms with E-state index < -0.39 is 0 Å². The Bertz CT molecular complexity index is 297. The Morgan fingerprint density at radius 1 is 1.61 bits per heavy atom. The molecule has 6 heteroatoms. The molecule has 2 N–H and O–H groups in total. The summed E-state index contributed by atoms with van der Waals surface area (Å²) in [6, 6.07) is 0. The van der Waals surface area contributed by atoms with E-state index in [1.165, 1.54) is 13.5 Å². The van der Waals surface area contributed by atoms with Crippen molar-refractivity contribution in [3.63, 3.8) is 0 Å². The molecule has 18 heavy (non-hydrogen) atoms. The zero-order valence-electron chi connectivity index (χ0n) is 11.4. The van der Waals surface area contributed by atoms with Gasteiger partial charge < -0.3 is 15.4 Å². The largest absolute Gasteiger partial charge is 0.469 e. The summed E-state index contributed by atoms with van der Waals surface area (Å²) in [5.74, 6) is 0.733. The predicted octanol–water partition coefficient (Wildman–Crippen LogP) is 1.46. The van der Waals surface area contributed by atoms with Crippen molar-refractivity contribution < 1.29 is 9.53 Å². The molecule has 0 aliphatic carbocycles. The maximum Gasteiger partial charge on any atom is 0.310 e. The van der Waals surface area contributed by atoms with Crippen LogP contribution in [0.4, 0.5) is 0 Å². The minimum atomic E-state index is -0.242. The van der Waals surface area contributed by atoms with Crippen LogP contribution in [0.5, 0.6) is 0 Å². The smallest absolute Gasteiger partial charge is 0.310 e. The van der Waals surface area contributed by atoms with Gasteiger partial charge in [-0.15, -0.1) is 24.0 Å². The van der Waals surface area contributed by atoms with Crippen molar-refractivity contribution in [1.82, 2.24) is 4.90 Å². The third kappa shape index (κ3) is 5.41. The second-order valence-corrected chi connectivity index (χ2v) is 4.82. The molecule has 1 rings (SSSR count). The lowest BCUT2D eigenvalue weighted by atomic mass is 10.0. The number of guanidine groups is 1. The molecule has 0 aromatic rings. The van der Waals surface area contributed by atoms with Crippen molar-refractivity contribution in [3.8, 4) is 0 Å². The average Bonchev–Trinajstić information content (AvgIpc) is 2.34. The molecule has 0 spiro atoms. The van der Waals surface area contributed by atoms with E-state index in [0.29, 0.717) is 18.4 Å². The summed E-state index contributed by atoms with van der Waals surface area (Å²) in [5, 5.41) is 0. The van der Waals surface area contributed by atoms with E-state index in [-0.39, 0.29) is 35.9 Å². The fourth-order valence-electron chi connectivity index (χ4n) is 2.00. The minimum Gasteiger partial charge on any atom is -0.469 e. The summed E-state index contributed by atoms with van der Waals surface area (Å²) in [6.45, 7) is 6.33. The lowest BCUT2D eigenvalue weighted by Gasteiger charge is -2.31. The maximum absolute atomic E-state index is 11.2. The zero-order chi connectivity index (χ0) is 12.8. The number of carbonyl (C=O) groups is 1. The fraction of sp³-hybridized carbons (Fsp3) is 0.833. The number of esters is 1. The van der Waals surface area contributed by atoms with Crippen LogP contribution in [0.15, 0.2) is 4.99 Å². The molecule has 0 aromatic carbocycles. The zero-order valence-corrected chi connectivity index (χ0v) is 13.7. The lowest BCUT2D eigenvalue weighted by Crippen LogP contribution is -2.43. The second kappa shape index (κ2) is 8.55. The van der Waals surface area contributed by atoms with Gasteiger partial charge in [0.2, 0.25) is 0 Å². The van der Waals surface area contributed by atoms with E-state index in [1.54, 1.807) is 6.92 Å². The first-order valence-corrected chi connectivity index (χ1v) is 6.17. The first-order valence-electron chi connectivity index (χ1n) is 6.17. The number of ether oxygens (including phenoxy) is 1. The standard InChI is InChI=1S/C12H23N3O2.HI/c1-9-5-4-6-15(8-9)12(13)14-7-10(2)11(16)17-3;/h9-10H,4-8H2,1-3H3,(H2,13,14);1H. The number of carbonyl (C=O) groups excluding carboxylic acids is 1. The molecule has 0 bridgehead atoms. The number of halogens is 1. The Morgan fingerprint density at radius 3 is 2.83 bits per heavy atom. The Labute approximate surface area is 126 Å². The molecule has 0 aromatic heterocycles. The van der Waals surface area contributed by atoms with Gasteiger partial charge in [-0.25, -0.2) is 0 Å². The first-order chi connectivity index (χ1) is 8.04. The Hall–Kier alpha value is -0.530. The van der Waals surface area contributed by atoms with Gasteiger partial charge in [0.05, 0.1) is 19.6 Å². The van der Waals surface area contributed by atoms with Crippen molar-refractivity contribution >= 4 is 35.9 Å². The predicted molar refractivity (Wildman–Crippen MR) is 83.1 cm³/mol. The van der Waals surface area contributed by atoms with Crippen LogP contribution in [-0.4, -0.2) is 43.6 Å². The van der Waals surface area contributed by atoms with Crippen LogP contribution in [0.2, 0.25) is 0 Å². The van der Waals surface area contributed by atoms with Gasteiger partial charge >= 0.3 is 5.97 Å². The van der Waals surface area contributed by atoms with Gasteiger partial charge in [-0.2, -0.15) is 0 Å². The van der Waals surface area contributed by atoms with Crippen LogP contribution in [0, 0.1) is 11.8 Å². The molecular formula is C12H24IN3O2. The summed E-state index contributed by atoms with van der Waals surface area (Å²) < 4.78 is 4.64. The third-order valence-electron chi connectivity index (χ3n) is 3.11. The molecule has 1 heterocycles. The van der Waals surface area contributed by atoms with Crippen LogP contribution >= 0.6 is 24.0 Å². The van der Waals surface area contributed by atoms with E-state index in [1.807, 2.05) is 0 Å². The molecular weight excluding hydrogens is 345 g/mol. The van der Waals surface area contributed by atoms with Crippen molar-refractivity contribution in [2.24, 2.45) is 22.6 Å². The summed E-state index contributed by atoms with van der Waals surface area (Å²) in [4.78, 5) is 17.6. The van der Waals surface area contributed by atoms with Crippen LogP contribution in [-0.2, 0) is 9.53 Å². The van der Waals surface area contributed by atoms with Crippen molar-refractivity contribution in [2.45, 2.75) is 26.7 Å². The van der Waals surface area contributed by atoms with Gasteiger partial charge in [0.1, 0.15) is 0 Å². The second-order valence-electron chi connectivity index (χ2n) is 4.82. The van der Waals surface area contributed by atoms with Crippen LogP contribution < -0.4 is 5.73 Å². The van der Waals surface area contributed by atoms with Gasteiger partial charge in [-0.3, -0.25) is 9.79 Å². The highest BCUT2D eigenvalue weighted by molar-refractivity contribution is 14.0. The highest BCUT2D eigenvalue weighted by Crippen LogP contribution is 2.14. The van der Waals surface area contributed by atoms with Crippen LogP contribution in [0.1, 0.15) is 26.7 Å². The van der Waals surface area contributed by atoms with E-state index >= 15 is 0 Å². The molecule has 1 saturated heterocycles. The van der Waals surface area contributed by atoms with Gasteiger partial charge in [-0.05, 0) is 18.8 Å². The minimum absolute atomic E-state index is 0. The first kappa shape index (κ1) is 17.5. The summed E-state index contributed by atoms with van der Waals surface area (Å²) in [6.07, 6.45) is 2.41. The molecule has 2 unspecified atom stereocenters. The molecule has 0 amide bonds. The molecule has 1 aliphatic heterocycles. The number of hydrogen-bond acceptors (Lipinski definition) is 3. The summed E-state index contributed by atoms with van der Waals surface area (Å²) in [5.41, 5.74) is 5.92. The number of methoxy groups -OCH3 is 1. The number of piperidine rings is 1. The van der Waals surface area contributed by atoms with Crippen LogP contribution in [0.25, 0.3) is 0 Å². The maximum atomic E-state index is 11.2. The number of nitrogens with zero attached hydrogens (tertiary/aromatic N) is 2. The van der Waals surface area contributed by atoms with Gasteiger partial charge in [0.25, 0.3) is 0 Å². The number of rotatable bonds is 3. The molecule has 2 atom stereocenters. The summed E-state index contributed by atoms with van der Waals surface area (Å²) >= 11 is 0. The Kier molecular flexibility index (Phi) is 8.30. The number of nitrogens with two attached hydrogens (primary N) is 1. The number of aliphatic imine (C=N–C) groups is 1. The van der Waals surface area contributed by atoms with Crippen molar-refractivity contribution in [3.05, 3.63) is 0 Å².